The van der Waals surface area contributed by atoms with Gasteiger partial charge in [-0.05, 0) is 6.92 Å². The normalized spacial score (nSPS) is 12.2. The Morgan fingerprint density at radius 2 is 2.00 bits per heavy atom. The Bertz CT molecular complexity index is 192. The van der Waals surface area contributed by atoms with E-state index >= 15 is 0 Å². The lowest BCUT2D eigenvalue weighted by Crippen LogP contribution is -2.36. The van der Waals surface area contributed by atoms with Gasteiger partial charge in [-0.2, -0.15) is 0 Å². The number of amides is 2. The smallest absolute Gasteiger partial charge is 0.247 e. The monoisotopic (exact) mass is 188 g/mol. The summed E-state index contributed by atoms with van der Waals surface area (Å²) in [6, 6.07) is 0. The predicted molar refractivity (Wildman–Crippen MR) is 47.9 cm³/mol. The summed E-state index contributed by atoms with van der Waals surface area (Å²) in [6.45, 7) is 2.12. The molecular weight excluding hydrogens is 172 g/mol. The Morgan fingerprint density at radius 1 is 1.46 bits per heavy atom. The highest BCUT2D eigenvalue weighted by Gasteiger charge is 2.20. The number of hydrogen-bond acceptors (Lipinski definition) is 3. The van der Waals surface area contributed by atoms with Gasteiger partial charge in [-0.25, -0.2) is 0 Å². The molecule has 5 heteroatoms. The quantitative estimate of drug-likeness (QED) is 0.623. The van der Waals surface area contributed by atoms with Crippen molar-refractivity contribution in [3.8, 4) is 0 Å². The molecule has 2 amide bonds. The standard InChI is InChI=1S/C8H16N2O3/c1-4-13-6(8(9)12)5-7(11)10(2)3/h6H,4-5H2,1-3H3,(H2,9,12). The second kappa shape index (κ2) is 5.53. The molecule has 1 unspecified atom stereocenters. The molecule has 5 nitrogen and oxygen atoms in total. The summed E-state index contributed by atoms with van der Waals surface area (Å²) >= 11 is 0. The molecule has 0 aromatic carbocycles. The zero-order valence-corrected chi connectivity index (χ0v) is 8.24. The number of hydrogen-bond donors (Lipinski definition) is 1. The van der Waals surface area contributed by atoms with Crippen molar-refractivity contribution in [1.82, 2.24) is 4.90 Å². The fraction of sp³-hybridized carbons (Fsp3) is 0.750. The van der Waals surface area contributed by atoms with E-state index in [1.807, 2.05) is 0 Å². The number of carbonyl (C=O) groups excluding carboxylic acids is 2. The molecule has 0 aromatic heterocycles. The molecule has 0 rings (SSSR count). The van der Waals surface area contributed by atoms with E-state index in [-0.39, 0.29) is 12.3 Å². The highest BCUT2D eigenvalue weighted by atomic mass is 16.5. The molecule has 0 heterocycles. The van der Waals surface area contributed by atoms with E-state index in [0.717, 1.165) is 0 Å². The number of carbonyl (C=O) groups is 2. The zero-order chi connectivity index (χ0) is 10.4. The summed E-state index contributed by atoms with van der Waals surface area (Å²) in [5, 5.41) is 0. The largest absolute Gasteiger partial charge is 0.368 e. The highest BCUT2D eigenvalue weighted by Crippen LogP contribution is 2.00. The van der Waals surface area contributed by atoms with Crippen LogP contribution in [0.3, 0.4) is 0 Å². The van der Waals surface area contributed by atoms with Gasteiger partial charge in [0.1, 0.15) is 6.10 Å². The van der Waals surface area contributed by atoms with Gasteiger partial charge in [-0.3, -0.25) is 9.59 Å². The lowest BCUT2D eigenvalue weighted by atomic mass is 10.2. The van der Waals surface area contributed by atoms with E-state index in [4.69, 9.17) is 10.5 Å². The fourth-order valence-electron chi connectivity index (χ4n) is 0.784. The van der Waals surface area contributed by atoms with Crippen molar-refractivity contribution in [3.05, 3.63) is 0 Å². The van der Waals surface area contributed by atoms with Gasteiger partial charge in [0.25, 0.3) is 0 Å². The Hall–Kier alpha value is -1.10. The van der Waals surface area contributed by atoms with Crippen LogP contribution in [0.25, 0.3) is 0 Å². The maximum Gasteiger partial charge on any atom is 0.247 e. The first kappa shape index (κ1) is 11.9. The van der Waals surface area contributed by atoms with Gasteiger partial charge in [0.05, 0.1) is 6.42 Å². The second-order valence-corrected chi connectivity index (χ2v) is 2.84. The van der Waals surface area contributed by atoms with Crippen LogP contribution in [0.2, 0.25) is 0 Å². The summed E-state index contributed by atoms with van der Waals surface area (Å²) in [5.41, 5.74) is 5.04. The maximum absolute atomic E-state index is 11.2. The fourth-order valence-corrected chi connectivity index (χ4v) is 0.784. The molecule has 0 spiro atoms. The third-order valence-corrected chi connectivity index (χ3v) is 1.54. The molecule has 1 atom stereocenters. The average Bonchev–Trinajstić information content (AvgIpc) is 2.03. The average molecular weight is 188 g/mol. The third kappa shape index (κ3) is 4.47. The van der Waals surface area contributed by atoms with Crippen molar-refractivity contribution in [2.45, 2.75) is 19.4 Å². The minimum Gasteiger partial charge on any atom is -0.368 e. The molecule has 0 aromatic rings. The van der Waals surface area contributed by atoms with Gasteiger partial charge >= 0.3 is 0 Å². The lowest BCUT2D eigenvalue weighted by Gasteiger charge is -2.15. The second-order valence-electron chi connectivity index (χ2n) is 2.84. The molecular formula is C8H16N2O3. The van der Waals surface area contributed by atoms with E-state index in [0.29, 0.717) is 6.61 Å². The van der Waals surface area contributed by atoms with Gasteiger partial charge < -0.3 is 15.4 Å². The molecule has 2 N–H and O–H groups in total. The van der Waals surface area contributed by atoms with Gasteiger partial charge in [0.2, 0.25) is 11.8 Å². The van der Waals surface area contributed by atoms with Crippen LogP contribution in [0.15, 0.2) is 0 Å². The lowest BCUT2D eigenvalue weighted by molar-refractivity contribution is -0.139. The molecule has 0 saturated carbocycles. The summed E-state index contributed by atoms with van der Waals surface area (Å²) in [4.78, 5) is 23.3. The topological polar surface area (TPSA) is 72.6 Å². The summed E-state index contributed by atoms with van der Waals surface area (Å²) in [7, 11) is 3.23. The summed E-state index contributed by atoms with van der Waals surface area (Å²) in [5.74, 6) is -0.769. The Morgan fingerprint density at radius 3 is 2.31 bits per heavy atom. The van der Waals surface area contributed by atoms with E-state index in [1.54, 1.807) is 21.0 Å². The van der Waals surface area contributed by atoms with Crippen molar-refractivity contribution in [1.29, 1.82) is 0 Å². The molecule has 0 radical (unpaired) electrons. The van der Waals surface area contributed by atoms with Crippen LogP contribution in [-0.2, 0) is 14.3 Å². The minimum atomic E-state index is -0.806. The Balaban J connectivity index is 4.10. The predicted octanol–water partition coefficient (Wildman–Crippen LogP) is -0.645. The number of nitrogens with zero attached hydrogens (tertiary/aromatic N) is 1. The van der Waals surface area contributed by atoms with Crippen LogP contribution in [0, 0.1) is 0 Å². The van der Waals surface area contributed by atoms with Crippen LogP contribution >= 0.6 is 0 Å². The minimum absolute atomic E-state index is 0.0101. The molecule has 0 bridgehead atoms. The summed E-state index contributed by atoms with van der Waals surface area (Å²) in [6.07, 6.45) is -0.796. The first-order valence-electron chi connectivity index (χ1n) is 4.10. The number of nitrogens with two attached hydrogens (primary N) is 1. The van der Waals surface area contributed by atoms with Gasteiger partial charge in [-0.1, -0.05) is 0 Å². The number of ether oxygens (including phenoxy) is 1. The first-order chi connectivity index (χ1) is 5.99. The molecule has 0 aliphatic heterocycles. The van der Waals surface area contributed by atoms with Crippen LogP contribution in [0.4, 0.5) is 0 Å². The van der Waals surface area contributed by atoms with Gasteiger partial charge in [0, 0.05) is 20.7 Å². The number of primary amides is 1. The maximum atomic E-state index is 11.2. The van der Waals surface area contributed by atoms with Gasteiger partial charge in [0.15, 0.2) is 0 Å². The van der Waals surface area contributed by atoms with Crippen molar-refractivity contribution >= 4 is 11.8 Å². The van der Waals surface area contributed by atoms with E-state index in [1.165, 1.54) is 4.90 Å². The molecule has 13 heavy (non-hydrogen) atoms. The molecule has 0 fully saturated rings. The van der Waals surface area contributed by atoms with E-state index < -0.39 is 12.0 Å². The van der Waals surface area contributed by atoms with E-state index in [2.05, 4.69) is 0 Å². The van der Waals surface area contributed by atoms with Crippen molar-refractivity contribution in [3.63, 3.8) is 0 Å². The summed E-state index contributed by atoms with van der Waals surface area (Å²) < 4.78 is 5.00. The molecule has 0 aliphatic rings. The molecule has 0 saturated heterocycles. The van der Waals surface area contributed by atoms with Crippen LogP contribution in [0.5, 0.6) is 0 Å². The van der Waals surface area contributed by atoms with Crippen molar-refractivity contribution < 1.29 is 14.3 Å². The Labute approximate surface area is 77.8 Å². The van der Waals surface area contributed by atoms with Crippen molar-refractivity contribution in [2.24, 2.45) is 5.73 Å². The van der Waals surface area contributed by atoms with Crippen molar-refractivity contribution in [2.75, 3.05) is 20.7 Å². The zero-order valence-electron chi connectivity index (χ0n) is 8.24. The Kier molecular flexibility index (Phi) is 5.06. The third-order valence-electron chi connectivity index (χ3n) is 1.54. The van der Waals surface area contributed by atoms with Crippen LogP contribution < -0.4 is 5.73 Å². The first-order valence-corrected chi connectivity index (χ1v) is 4.10. The highest BCUT2D eigenvalue weighted by molar-refractivity contribution is 5.86. The van der Waals surface area contributed by atoms with E-state index in [9.17, 15) is 9.59 Å². The molecule has 0 aliphatic carbocycles. The SMILES string of the molecule is CCOC(CC(=O)N(C)C)C(N)=O. The number of rotatable bonds is 5. The molecule has 76 valence electrons. The van der Waals surface area contributed by atoms with Crippen LogP contribution in [-0.4, -0.2) is 43.5 Å². The van der Waals surface area contributed by atoms with Crippen LogP contribution in [0.1, 0.15) is 13.3 Å². The van der Waals surface area contributed by atoms with Gasteiger partial charge in [-0.15, -0.1) is 0 Å².